The number of nitrogens with zero attached hydrogens (tertiary/aromatic N) is 1. The van der Waals surface area contributed by atoms with Crippen molar-refractivity contribution in [2.24, 2.45) is 0 Å². The lowest BCUT2D eigenvalue weighted by atomic mass is 9.67. The van der Waals surface area contributed by atoms with E-state index >= 15 is 0 Å². The van der Waals surface area contributed by atoms with Gasteiger partial charge in [0.25, 0.3) is 0 Å². The quantitative estimate of drug-likeness (QED) is 0.140. The van der Waals surface area contributed by atoms with E-state index in [-0.39, 0.29) is 5.41 Å². The van der Waals surface area contributed by atoms with Gasteiger partial charge >= 0.3 is 0 Å². The molecule has 70 heavy (non-hydrogen) atoms. The lowest BCUT2D eigenvalue weighted by Crippen LogP contribution is -2.28. The Kier molecular flexibility index (Phi) is 9.92. The highest BCUT2D eigenvalue weighted by Crippen LogP contribution is 2.58. The fourth-order valence-corrected chi connectivity index (χ4v) is 11.9. The van der Waals surface area contributed by atoms with E-state index in [1.165, 1.54) is 89.0 Å². The number of hydrogen-bond donors (Lipinski definition) is 0. The first-order valence-electron chi connectivity index (χ1n) is 24.4. The van der Waals surface area contributed by atoms with Gasteiger partial charge in [0.05, 0.1) is 5.41 Å². The molecule has 0 saturated heterocycles. The van der Waals surface area contributed by atoms with Crippen molar-refractivity contribution in [3.8, 4) is 55.6 Å². The van der Waals surface area contributed by atoms with E-state index in [4.69, 9.17) is 0 Å². The summed E-state index contributed by atoms with van der Waals surface area (Å²) < 4.78 is 0. The third-order valence-corrected chi connectivity index (χ3v) is 15.2. The van der Waals surface area contributed by atoms with Crippen molar-refractivity contribution in [1.29, 1.82) is 0 Å². The minimum atomic E-state index is -0.536. The molecule has 0 amide bonds. The van der Waals surface area contributed by atoms with Gasteiger partial charge in [-0.3, -0.25) is 0 Å². The molecule has 0 N–H and O–H groups in total. The molecule has 2 aliphatic rings. The largest absolute Gasteiger partial charge is 0.310 e. The second kappa shape index (κ2) is 16.8. The smallest absolute Gasteiger partial charge is 0.0714 e. The fraction of sp³-hybridized carbons (Fsp3) is 0.0435. The summed E-state index contributed by atoms with van der Waals surface area (Å²) in [4.78, 5) is 2.48. The third kappa shape index (κ3) is 6.54. The van der Waals surface area contributed by atoms with Crippen molar-refractivity contribution in [1.82, 2.24) is 0 Å². The first-order valence-corrected chi connectivity index (χ1v) is 24.4. The summed E-state index contributed by atoms with van der Waals surface area (Å²) in [5.74, 6) is 0. The highest BCUT2D eigenvalue weighted by molar-refractivity contribution is 5.92. The first kappa shape index (κ1) is 41.4. The maximum absolute atomic E-state index is 2.48. The van der Waals surface area contributed by atoms with Crippen molar-refractivity contribution >= 4 is 17.1 Å². The van der Waals surface area contributed by atoms with Crippen LogP contribution < -0.4 is 4.90 Å². The van der Waals surface area contributed by atoms with Crippen molar-refractivity contribution in [2.75, 3.05) is 4.90 Å². The molecule has 0 radical (unpaired) electrons. The van der Waals surface area contributed by atoms with Gasteiger partial charge in [0, 0.05) is 22.5 Å². The van der Waals surface area contributed by atoms with Gasteiger partial charge in [0.2, 0.25) is 0 Å². The van der Waals surface area contributed by atoms with Crippen LogP contribution in [0.15, 0.2) is 279 Å². The maximum Gasteiger partial charge on any atom is 0.0714 e. The second-order valence-corrected chi connectivity index (χ2v) is 18.9. The Labute approximate surface area is 411 Å². The van der Waals surface area contributed by atoms with Crippen LogP contribution in [-0.2, 0) is 10.8 Å². The highest BCUT2D eigenvalue weighted by atomic mass is 15.1. The molecule has 1 atom stereocenters. The van der Waals surface area contributed by atoms with Crippen molar-refractivity contribution in [3.63, 3.8) is 0 Å². The van der Waals surface area contributed by atoms with E-state index in [1.54, 1.807) is 0 Å². The van der Waals surface area contributed by atoms with E-state index in [9.17, 15) is 0 Å². The minimum Gasteiger partial charge on any atom is -0.310 e. The van der Waals surface area contributed by atoms with Crippen molar-refractivity contribution in [3.05, 3.63) is 318 Å². The van der Waals surface area contributed by atoms with E-state index in [0.29, 0.717) is 0 Å². The van der Waals surface area contributed by atoms with Crippen LogP contribution in [-0.4, -0.2) is 0 Å². The van der Waals surface area contributed by atoms with Crippen molar-refractivity contribution in [2.45, 2.75) is 17.8 Å². The van der Waals surface area contributed by atoms with Gasteiger partial charge in [0.15, 0.2) is 0 Å². The summed E-state index contributed by atoms with van der Waals surface area (Å²) in [6.45, 7) is 2.41. The third-order valence-electron chi connectivity index (χ3n) is 15.2. The summed E-state index contributed by atoms with van der Waals surface area (Å²) in [7, 11) is 0. The summed E-state index contributed by atoms with van der Waals surface area (Å²) >= 11 is 0. The van der Waals surface area contributed by atoms with Gasteiger partial charge in [0.1, 0.15) is 0 Å². The van der Waals surface area contributed by atoms with E-state index in [2.05, 4.69) is 291 Å². The van der Waals surface area contributed by atoms with Crippen LogP contribution in [0.5, 0.6) is 0 Å². The Morgan fingerprint density at radius 2 is 0.600 bits per heavy atom. The number of fused-ring (bicyclic) bond motifs is 6. The Morgan fingerprint density at radius 3 is 1.11 bits per heavy atom. The summed E-state index contributed by atoms with van der Waals surface area (Å²) in [6.07, 6.45) is 0. The van der Waals surface area contributed by atoms with Gasteiger partial charge < -0.3 is 4.90 Å². The van der Waals surface area contributed by atoms with Crippen LogP contribution in [0.2, 0.25) is 0 Å². The lowest BCUT2D eigenvalue weighted by Gasteiger charge is -2.35. The Bertz CT molecular complexity index is 3600. The Balaban J connectivity index is 1.02. The maximum atomic E-state index is 2.48. The second-order valence-electron chi connectivity index (χ2n) is 18.9. The molecular weight excluding hydrogens is 843 g/mol. The number of anilines is 3. The number of hydrogen-bond acceptors (Lipinski definition) is 1. The van der Waals surface area contributed by atoms with Gasteiger partial charge in [-0.2, -0.15) is 0 Å². The lowest BCUT2D eigenvalue weighted by molar-refractivity contribution is 0.714. The molecule has 2 aliphatic carbocycles. The predicted molar refractivity (Wildman–Crippen MR) is 292 cm³/mol. The average Bonchev–Trinajstić information content (AvgIpc) is 3.88. The molecule has 1 nitrogen and oxygen atoms in total. The summed E-state index contributed by atoms with van der Waals surface area (Å²) in [5.41, 5.74) is 23.7. The fourth-order valence-electron chi connectivity index (χ4n) is 11.9. The molecular formula is C69H49N. The molecule has 11 aromatic carbocycles. The van der Waals surface area contributed by atoms with Crippen molar-refractivity contribution < 1.29 is 0 Å². The van der Waals surface area contributed by atoms with Gasteiger partial charge in [-0.25, -0.2) is 0 Å². The molecule has 0 fully saturated rings. The Morgan fingerprint density at radius 1 is 0.243 bits per heavy atom. The standard InChI is InChI=1S/C69H49N/c1-68(54-25-11-4-12-26-54)64-33-19-17-31-60(64)62-41-39-58(46-66(62)68)70(57-37-35-50(36-38-57)53-44-51(48-21-7-2-8-22-48)43-52(45-53)49-23-9-3-10-24-49)59-40-42-63-61-32-18-20-34-65(61)69(67(63)47-59,55-27-13-5-14-28-55)56-29-15-6-16-30-56/h2-47H,1H3. The SMILES string of the molecule is CC1(c2ccccc2)c2ccccc2-c2ccc(N(c3ccc(-c4cc(-c5ccccc5)cc(-c5ccccc5)c4)cc3)c3ccc4c(c3)C(c3ccccc3)(c3ccccc3)c3ccccc3-4)cc21. The first-order chi connectivity index (χ1) is 34.6. The van der Waals surface area contributed by atoms with Gasteiger partial charge in [-0.05, 0) is 156 Å². The van der Waals surface area contributed by atoms with E-state index < -0.39 is 5.41 Å². The molecule has 0 heterocycles. The highest BCUT2D eigenvalue weighted by Gasteiger charge is 2.46. The molecule has 1 unspecified atom stereocenters. The molecule has 0 aromatic heterocycles. The molecule has 0 saturated carbocycles. The molecule has 11 aromatic rings. The number of benzene rings is 11. The van der Waals surface area contributed by atoms with E-state index in [0.717, 1.165) is 22.6 Å². The topological polar surface area (TPSA) is 3.24 Å². The molecule has 0 spiro atoms. The minimum absolute atomic E-state index is 0.353. The molecule has 0 aliphatic heterocycles. The molecule has 0 bridgehead atoms. The molecule has 330 valence electrons. The van der Waals surface area contributed by atoms with Crippen LogP contribution in [0.25, 0.3) is 55.6 Å². The van der Waals surface area contributed by atoms with Crippen LogP contribution >= 0.6 is 0 Å². The number of rotatable bonds is 9. The van der Waals surface area contributed by atoms with E-state index in [1.807, 2.05) is 0 Å². The predicted octanol–water partition coefficient (Wildman–Crippen LogP) is 17.9. The Hall–Kier alpha value is -8.78. The molecule has 1 heteroatoms. The monoisotopic (exact) mass is 891 g/mol. The van der Waals surface area contributed by atoms with Gasteiger partial charge in [-0.1, -0.05) is 224 Å². The summed E-state index contributed by atoms with van der Waals surface area (Å²) in [5, 5.41) is 0. The van der Waals surface area contributed by atoms with Crippen LogP contribution in [0.4, 0.5) is 17.1 Å². The van der Waals surface area contributed by atoms with Crippen LogP contribution in [0.3, 0.4) is 0 Å². The zero-order valence-electron chi connectivity index (χ0n) is 39.0. The molecule has 13 rings (SSSR count). The normalized spacial score (nSPS) is 14.8. The zero-order valence-corrected chi connectivity index (χ0v) is 39.0. The van der Waals surface area contributed by atoms with Gasteiger partial charge in [-0.15, -0.1) is 0 Å². The zero-order chi connectivity index (χ0) is 46.7. The summed E-state index contributed by atoms with van der Waals surface area (Å²) in [6, 6.07) is 103. The van der Waals surface area contributed by atoms with Crippen LogP contribution in [0, 0.1) is 0 Å². The van der Waals surface area contributed by atoms with Crippen LogP contribution in [0.1, 0.15) is 45.9 Å². The average molecular weight is 892 g/mol.